The van der Waals surface area contributed by atoms with Crippen LogP contribution in [0, 0.1) is 0 Å². The highest BCUT2D eigenvalue weighted by molar-refractivity contribution is 6.07. The summed E-state index contributed by atoms with van der Waals surface area (Å²) < 4.78 is 21.3. The predicted molar refractivity (Wildman–Crippen MR) is 88.6 cm³/mol. The minimum Gasteiger partial charge on any atom is -0.464 e. The van der Waals surface area contributed by atoms with Crippen LogP contribution in [0.4, 0.5) is 0 Å². The molecule has 1 fully saturated rings. The van der Waals surface area contributed by atoms with Gasteiger partial charge in [-0.2, -0.15) is 0 Å². The van der Waals surface area contributed by atoms with Crippen molar-refractivity contribution < 1.29 is 33.3 Å². The van der Waals surface area contributed by atoms with E-state index in [1.165, 1.54) is 11.8 Å². The van der Waals surface area contributed by atoms with Crippen LogP contribution in [0.25, 0.3) is 0 Å². The van der Waals surface area contributed by atoms with E-state index >= 15 is 0 Å². The summed E-state index contributed by atoms with van der Waals surface area (Å²) in [5.74, 6) is -1.95. The van der Waals surface area contributed by atoms with Gasteiger partial charge in [0.25, 0.3) is 0 Å². The Bertz CT molecular complexity index is 462. The first-order valence-corrected chi connectivity index (χ1v) is 8.73. The van der Waals surface area contributed by atoms with E-state index in [0.717, 1.165) is 0 Å². The molecule has 0 radical (unpaired) electrons. The molecule has 144 valence electrons. The van der Waals surface area contributed by atoms with Crippen molar-refractivity contribution in [3.05, 3.63) is 0 Å². The molecule has 1 aliphatic rings. The van der Waals surface area contributed by atoms with Gasteiger partial charge in [-0.25, -0.2) is 9.59 Å². The first-order chi connectivity index (χ1) is 11.8. The van der Waals surface area contributed by atoms with Crippen LogP contribution in [0.1, 0.15) is 47.5 Å². The molecule has 0 bridgehead atoms. The van der Waals surface area contributed by atoms with E-state index in [0.29, 0.717) is 13.0 Å². The number of carbonyl (C=O) groups excluding carboxylic acids is 3. The third-order valence-corrected chi connectivity index (χ3v) is 4.07. The number of likely N-dealkylation sites (tertiary alicyclic amines) is 1. The van der Waals surface area contributed by atoms with E-state index in [9.17, 15) is 14.4 Å². The minimum absolute atomic E-state index is 0.0771. The highest BCUT2D eigenvalue weighted by Crippen LogP contribution is 2.33. The van der Waals surface area contributed by atoms with E-state index in [4.69, 9.17) is 18.9 Å². The van der Waals surface area contributed by atoms with Gasteiger partial charge in [0.1, 0.15) is 0 Å². The van der Waals surface area contributed by atoms with Gasteiger partial charge in [0.05, 0.1) is 19.3 Å². The van der Waals surface area contributed by atoms with Gasteiger partial charge in [0, 0.05) is 20.1 Å². The Hall–Kier alpha value is -1.67. The molecule has 1 amide bonds. The fraction of sp³-hybridized carbons (Fsp3) is 0.824. The van der Waals surface area contributed by atoms with Crippen LogP contribution in [-0.2, 0) is 33.3 Å². The van der Waals surface area contributed by atoms with Crippen molar-refractivity contribution in [2.75, 3.05) is 26.4 Å². The van der Waals surface area contributed by atoms with Crippen LogP contribution in [0.15, 0.2) is 0 Å². The summed E-state index contributed by atoms with van der Waals surface area (Å²) in [6.07, 6.45) is -0.309. The Morgan fingerprint density at radius 3 is 2.08 bits per heavy atom. The number of nitrogens with zero attached hydrogens (tertiary/aromatic N) is 1. The van der Waals surface area contributed by atoms with Gasteiger partial charge in [-0.05, 0) is 40.5 Å². The number of amides is 1. The quantitative estimate of drug-likeness (QED) is 0.366. The fourth-order valence-electron chi connectivity index (χ4n) is 3.02. The van der Waals surface area contributed by atoms with Crippen molar-refractivity contribution in [2.45, 2.75) is 65.4 Å². The van der Waals surface area contributed by atoms with Crippen molar-refractivity contribution in [3.8, 4) is 0 Å². The number of carbonyl (C=O) groups is 3. The molecule has 0 aromatic heterocycles. The molecule has 2 atom stereocenters. The molecule has 1 aliphatic heterocycles. The minimum atomic E-state index is -1.76. The highest BCUT2D eigenvalue weighted by atomic mass is 16.7. The average Bonchev–Trinajstić information content (AvgIpc) is 2.55. The number of ether oxygens (including phenoxy) is 4. The van der Waals surface area contributed by atoms with Crippen LogP contribution in [-0.4, -0.2) is 67.0 Å². The van der Waals surface area contributed by atoms with Crippen molar-refractivity contribution >= 4 is 17.8 Å². The average molecular weight is 359 g/mol. The van der Waals surface area contributed by atoms with Crippen LogP contribution < -0.4 is 0 Å². The van der Waals surface area contributed by atoms with Crippen molar-refractivity contribution in [2.24, 2.45) is 0 Å². The number of rotatable bonds is 8. The van der Waals surface area contributed by atoms with Gasteiger partial charge >= 0.3 is 11.9 Å². The van der Waals surface area contributed by atoms with Gasteiger partial charge in [0.15, 0.2) is 6.29 Å². The van der Waals surface area contributed by atoms with Gasteiger partial charge in [-0.15, -0.1) is 0 Å². The van der Waals surface area contributed by atoms with Crippen molar-refractivity contribution in [1.82, 2.24) is 4.90 Å². The Morgan fingerprint density at radius 1 is 1.08 bits per heavy atom. The first-order valence-electron chi connectivity index (χ1n) is 8.73. The van der Waals surface area contributed by atoms with E-state index in [1.807, 2.05) is 6.92 Å². The lowest BCUT2D eigenvalue weighted by Gasteiger charge is -2.45. The Morgan fingerprint density at radius 2 is 1.64 bits per heavy atom. The Balaban J connectivity index is 3.09. The molecule has 1 heterocycles. The molecule has 1 saturated heterocycles. The summed E-state index contributed by atoms with van der Waals surface area (Å²) >= 11 is 0. The normalized spacial score (nSPS) is 20.7. The lowest BCUT2D eigenvalue weighted by Crippen LogP contribution is -2.67. The summed E-state index contributed by atoms with van der Waals surface area (Å²) in [6.45, 7) is 9.02. The van der Waals surface area contributed by atoms with Crippen LogP contribution >= 0.6 is 0 Å². The third-order valence-electron chi connectivity index (χ3n) is 4.07. The second-order valence-corrected chi connectivity index (χ2v) is 5.75. The summed E-state index contributed by atoms with van der Waals surface area (Å²) in [5, 5.41) is 0. The zero-order valence-electron chi connectivity index (χ0n) is 15.7. The maximum Gasteiger partial charge on any atom is 0.343 e. The number of piperidine rings is 1. The lowest BCUT2D eigenvalue weighted by molar-refractivity contribution is -0.199. The van der Waals surface area contributed by atoms with E-state index in [-0.39, 0.29) is 32.3 Å². The second-order valence-electron chi connectivity index (χ2n) is 5.75. The molecule has 0 aliphatic carbocycles. The zero-order valence-corrected chi connectivity index (χ0v) is 15.7. The molecule has 8 nitrogen and oxygen atoms in total. The molecule has 0 spiro atoms. The molecule has 25 heavy (non-hydrogen) atoms. The molecule has 0 aromatic rings. The molecule has 0 N–H and O–H groups in total. The van der Waals surface area contributed by atoms with E-state index < -0.39 is 29.7 Å². The SMILES string of the molecule is CCOC(=O)C1(C(=O)OCC)CC[C@H](OC(C)OCC)CN1C(C)=O. The van der Waals surface area contributed by atoms with Gasteiger partial charge in [0.2, 0.25) is 11.4 Å². The first kappa shape index (κ1) is 21.4. The lowest BCUT2D eigenvalue weighted by atomic mass is 9.85. The maximum atomic E-state index is 12.6. The Labute approximate surface area is 148 Å². The summed E-state index contributed by atoms with van der Waals surface area (Å²) in [6, 6.07) is 0. The number of esters is 2. The highest BCUT2D eigenvalue weighted by Gasteiger charge is 2.57. The van der Waals surface area contributed by atoms with Crippen LogP contribution in [0.5, 0.6) is 0 Å². The number of hydrogen-bond acceptors (Lipinski definition) is 7. The van der Waals surface area contributed by atoms with Gasteiger partial charge in [-0.3, -0.25) is 4.79 Å². The van der Waals surface area contributed by atoms with Gasteiger partial charge < -0.3 is 23.8 Å². The maximum absolute atomic E-state index is 12.6. The molecular formula is C17H29NO7. The standard InChI is InChI=1S/C17H29NO7/c1-6-22-13(5)25-14-9-10-17(15(20)23-7-2,16(21)24-8-3)18(11-14)12(4)19/h13-14H,6-11H2,1-5H3/t13?,14-/m0/s1. The summed E-state index contributed by atoms with van der Waals surface area (Å²) in [4.78, 5) is 38.6. The van der Waals surface area contributed by atoms with E-state index in [2.05, 4.69) is 0 Å². The Kier molecular flexibility index (Phi) is 8.31. The molecule has 1 unspecified atom stereocenters. The topological polar surface area (TPSA) is 91.4 Å². The van der Waals surface area contributed by atoms with Crippen LogP contribution in [0.2, 0.25) is 0 Å². The molecule has 0 saturated carbocycles. The van der Waals surface area contributed by atoms with E-state index in [1.54, 1.807) is 20.8 Å². The smallest absolute Gasteiger partial charge is 0.343 e. The van der Waals surface area contributed by atoms with Crippen molar-refractivity contribution in [1.29, 1.82) is 0 Å². The predicted octanol–water partition coefficient (Wildman–Crippen LogP) is 1.26. The van der Waals surface area contributed by atoms with Gasteiger partial charge in [-0.1, -0.05) is 0 Å². The molecule has 8 heteroatoms. The number of hydrogen-bond donors (Lipinski definition) is 0. The third kappa shape index (κ3) is 4.92. The molecular weight excluding hydrogens is 330 g/mol. The van der Waals surface area contributed by atoms with Crippen LogP contribution in [0.3, 0.4) is 0 Å². The monoisotopic (exact) mass is 359 g/mol. The summed E-state index contributed by atoms with van der Waals surface area (Å²) in [7, 11) is 0. The van der Waals surface area contributed by atoms with Crippen molar-refractivity contribution in [3.63, 3.8) is 0 Å². The largest absolute Gasteiger partial charge is 0.464 e. The molecule has 0 aromatic carbocycles. The fourth-order valence-corrected chi connectivity index (χ4v) is 3.02. The summed E-state index contributed by atoms with van der Waals surface area (Å²) in [5.41, 5.74) is -1.76. The molecule has 1 rings (SSSR count). The second kappa shape index (κ2) is 9.72. The zero-order chi connectivity index (χ0) is 19.0.